The largest absolute Gasteiger partial charge is 0.370 e. The van der Waals surface area contributed by atoms with Gasteiger partial charge in [-0.05, 0) is 62.2 Å². The van der Waals surface area contributed by atoms with Crippen molar-refractivity contribution in [1.82, 2.24) is 57.2 Å². The van der Waals surface area contributed by atoms with Crippen molar-refractivity contribution in [2.45, 2.75) is 156 Å². The molecule has 2 rings (SSSR count). The van der Waals surface area contributed by atoms with Crippen molar-refractivity contribution in [3.8, 4) is 0 Å². The lowest BCUT2D eigenvalue weighted by Crippen LogP contribution is -2.60. The van der Waals surface area contributed by atoms with Crippen molar-refractivity contribution < 1.29 is 38.4 Å². The maximum Gasteiger partial charge on any atom is 0.243 e. The number of rotatable bonds is 30. The molecule has 2 heterocycles. The molecule has 0 bridgehead atoms. The smallest absolute Gasteiger partial charge is 0.243 e. The fourth-order valence-electron chi connectivity index (χ4n) is 7.13. The van der Waals surface area contributed by atoms with Crippen LogP contribution in [0.25, 0.3) is 0 Å². The van der Waals surface area contributed by atoms with E-state index in [4.69, 9.17) is 17.2 Å². The molecule has 2 aromatic rings. The molecule has 2 aromatic heterocycles. The van der Waals surface area contributed by atoms with Gasteiger partial charge in [-0.1, -0.05) is 55.4 Å². The average Bonchev–Trinajstić information content (AvgIpc) is 3.94. The number of aromatic nitrogens is 4. The van der Waals surface area contributed by atoms with Crippen LogP contribution in [0.4, 0.5) is 0 Å². The molecule has 0 radical (unpaired) electrons. The number of nitrogens with two attached hydrogens (primary N) is 3. The van der Waals surface area contributed by atoms with E-state index in [0.29, 0.717) is 17.8 Å². The first-order valence-electron chi connectivity index (χ1n) is 22.8. The molecule has 0 unspecified atom stereocenters. The van der Waals surface area contributed by atoms with Gasteiger partial charge in [0.15, 0.2) is 5.96 Å². The van der Waals surface area contributed by atoms with Gasteiger partial charge in [0, 0.05) is 50.1 Å². The van der Waals surface area contributed by atoms with E-state index in [0.717, 1.165) is 0 Å². The highest BCUT2D eigenvalue weighted by Crippen LogP contribution is 2.13. The Morgan fingerprint density at radius 3 is 1.18 bits per heavy atom. The summed E-state index contributed by atoms with van der Waals surface area (Å²) < 4.78 is 0. The van der Waals surface area contributed by atoms with E-state index in [9.17, 15) is 38.4 Å². The molecule has 0 aromatic carbocycles. The Morgan fingerprint density at radius 2 is 0.836 bits per heavy atom. The minimum absolute atomic E-state index is 0.00672. The molecule has 23 nitrogen and oxygen atoms in total. The number of aliphatic imine (C=N–C) groups is 1. The summed E-state index contributed by atoms with van der Waals surface area (Å²) in [6, 6.07) is -8.08. The van der Waals surface area contributed by atoms with Gasteiger partial charge in [-0.15, -0.1) is 0 Å². The lowest BCUT2D eigenvalue weighted by Gasteiger charge is -2.29. The van der Waals surface area contributed by atoms with E-state index in [2.05, 4.69) is 62.1 Å². The van der Waals surface area contributed by atoms with E-state index in [1.807, 2.05) is 55.4 Å². The Bertz CT molecular complexity index is 1930. The van der Waals surface area contributed by atoms with Crippen LogP contribution in [0.2, 0.25) is 0 Å². The number of H-pyrrole nitrogens is 2. The van der Waals surface area contributed by atoms with Crippen LogP contribution >= 0.6 is 0 Å². The van der Waals surface area contributed by atoms with Crippen LogP contribution < -0.4 is 54.4 Å². The van der Waals surface area contributed by atoms with E-state index in [1.165, 1.54) is 32.0 Å². The zero-order chi connectivity index (χ0) is 50.4. The predicted octanol–water partition coefficient (Wildman–Crippen LogP) is -0.945. The number of primary amides is 1. The zero-order valence-electron chi connectivity index (χ0n) is 40.4. The summed E-state index contributed by atoms with van der Waals surface area (Å²) in [7, 11) is 0. The van der Waals surface area contributed by atoms with Crippen LogP contribution in [-0.4, -0.2) is 122 Å². The number of hydrogen-bond acceptors (Lipinski definition) is 11. The standard InChI is InChI=1S/C44H75N15O8/c1-23(2)13-31(37(45)61)55-38(62)30(11-10-12-50-44(46)47)54-40(64)33(15-25(5)6)56-43(67)36(18-29-20-49-22-52-29)59-41(65)34(16-26(7)8)57-42(66)35(17-28-19-48-21-51-28)58-39(63)32(14-24(3)4)53-27(9)60/h19-26,30-36H,10-18H2,1-9H3,(H2,45,61)(H,48,51)(H,49,52)(H,53,60)(H,54,64)(H,55,62)(H,56,67)(H,57,66)(H,58,63)(H,59,65)(H4,46,47,50)/t30-,31-,32-,33-,34-,35-,36-/m0/s1. The molecule has 0 aliphatic heterocycles. The fraction of sp³-hybridized carbons (Fsp3) is 0.659. The third-order valence-corrected chi connectivity index (χ3v) is 10.3. The van der Waals surface area contributed by atoms with Gasteiger partial charge in [-0.3, -0.25) is 43.3 Å². The lowest BCUT2D eigenvalue weighted by atomic mass is 9.99. The first-order valence-corrected chi connectivity index (χ1v) is 22.8. The van der Waals surface area contributed by atoms with Gasteiger partial charge < -0.3 is 64.4 Å². The van der Waals surface area contributed by atoms with Crippen molar-refractivity contribution in [2.75, 3.05) is 6.54 Å². The summed E-state index contributed by atoms with van der Waals surface area (Å²) in [6.45, 7) is 16.3. The monoisotopic (exact) mass is 942 g/mol. The van der Waals surface area contributed by atoms with Gasteiger partial charge in [0.05, 0.1) is 12.7 Å². The van der Waals surface area contributed by atoms with Gasteiger partial charge in [0.25, 0.3) is 0 Å². The van der Waals surface area contributed by atoms with Crippen LogP contribution in [0, 0.1) is 23.7 Å². The number of nitrogens with zero attached hydrogens (tertiary/aromatic N) is 3. The summed E-state index contributed by atoms with van der Waals surface area (Å²) in [6.07, 6.45) is 6.78. The van der Waals surface area contributed by atoms with Crippen LogP contribution in [0.3, 0.4) is 0 Å². The number of imidazole rings is 2. The second-order valence-corrected chi connectivity index (χ2v) is 18.6. The van der Waals surface area contributed by atoms with Crippen molar-refractivity contribution >= 4 is 53.2 Å². The minimum Gasteiger partial charge on any atom is -0.370 e. The Kier molecular flexibility index (Phi) is 24.0. The highest BCUT2D eigenvalue weighted by atomic mass is 16.2. The van der Waals surface area contributed by atoms with Crippen LogP contribution in [0.1, 0.15) is 112 Å². The van der Waals surface area contributed by atoms with Gasteiger partial charge in [-0.2, -0.15) is 0 Å². The molecule has 0 saturated carbocycles. The molecule has 23 heteroatoms. The fourth-order valence-corrected chi connectivity index (χ4v) is 7.13. The van der Waals surface area contributed by atoms with E-state index in [1.54, 1.807) is 0 Å². The average molecular weight is 942 g/mol. The number of nitrogens with one attached hydrogen (secondary N) is 9. The number of carbonyl (C=O) groups excluding carboxylic acids is 8. The van der Waals surface area contributed by atoms with Crippen molar-refractivity contribution in [2.24, 2.45) is 45.9 Å². The van der Waals surface area contributed by atoms with Crippen LogP contribution in [0.15, 0.2) is 30.0 Å². The Morgan fingerprint density at radius 1 is 0.507 bits per heavy atom. The molecule has 15 N–H and O–H groups in total. The molecule has 0 aliphatic rings. The molecular weight excluding hydrogens is 867 g/mol. The van der Waals surface area contributed by atoms with E-state index >= 15 is 0 Å². The van der Waals surface area contributed by atoms with Gasteiger partial charge in [0.1, 0.15) is 42.3 Å². The molecule has 0 fully saturated rings. The molecule has 7 atom stereocenters. The van der Waals surface area contributed by atoms with Crippen LogP contribution in [0.5, 0.6) is 0 Å². The second-order valence-electron chi connectivity index (χ2n) is 18.6. The molecule has 8 amide bonds. The number of hydrogen-bond donors (Lipinski definition) is 12. The van der Waals surface area contributed by atoms with E-state index in [-0.39, 0.29) is 81.1 Å². The third-order valence-electron chi connectivity index (χ3n) is 10.3. The second kappa shape index (κ2) is 28.5. The Hall–Kier alpha value is -6.55. The quantitative estimate of drug-likeness (QED) is 0.0257. The normalized spacial score (nSPS) is 14.5. The van der Waals surface area contributed by atoms with Crippen LogP contribution in [-0.2, 0) is 51.2 Å². The zero-order valence-corrected chi connectivity index (χ0v) is 40.4. The van der Waals surface area contributed by atoms with Crippen molar-refractivity contribution in [1.29, 1.82) is 0 Å². The highest BCUT2D eigenvalue weighted by Gasteiger charge is 2.35. The number of carbonyl (C=O) groups is 8. The lowest BCUT2D eigenvalue weighted by molar-refractivity contribution is -0.136. The maximum absolute atomic E-state index is 14.3. The molecule has 374 valence electrons. The Labute approximate surface area is 392 Å². The minimum atomic E-state index is -1.32. The predicted molar refractivity (Wildman–Crippen MR) is 251 cm³/mol. The first-order chi connectivity index (χ1) is 31.4. The highest BCUT2D eigenvalue weighted by molar-refractivity contribution is 5.97. The summed E-state index contributed by atoms with van der Waals surface area (Å²) in [5, 5.41) is 19.1. The SMILES string of the molecule is CC(=O)N[C@@H](CC(C)C)C(=O)N[C@@H](Cc1cnc[nH]1)C(=O)N[C@@H](CC(C)C)C(=O)N[C@@H](Cc1cnc[nH]1)C(=O)N[C@@H](CC(C)C)C(=O)N[C@@H](CCCN=C(N)N)C(=O)N[C@@H](CC(C)C)C(N)=O. The number of guanidine groups is 1. The molecular formula is C44H75N15O8. The van der Waals surface area contributed by atoms with Gasteiger partial charge in [0.2, 0.25) is 47.3 Å². The Balaban J connectivity index is 2.45. The van der Waals surface area contributed by atoms with Crippen molar-refractivity contribution in [3.63, 3.8) is 0 Å². The molecule has 0 saturated heterocycles. The summed E-state index contributed by atoms with van der Waals surface area (Å²) in [5.74, 6) is -5.73. The first kappa shape index (κ1) is 56.6. The summed E-state index contributed by atoms with van der Waals surface area (Å²) in [5.41, 5.74) is 17.5. The van der Waals surface area contributed by atoms with Crippen molar-refractivity contribution in [3.05, 3.63) is 36.4 Å². The molecule has 67 heavy (non-hydrogen) atoms. The summed E-state index contributed by atoms with van der Waals surface area (Å²) in [4.78, 5) is 126. The molecule has 0 spiro atoms. The van der Waals surface area contributed by atoms with E-state index < -0.39 is 89.6 Å². The summed E-state index contributed by atoms with van der Waals surface area (Å²) >= 11 is 0. The number of amides is 8. The topological polar surface area (TPSA) is 369 Å². The third kappa shape index (κ3) is 22.0. The molecule has 0 aliphatic carbocycles. The van der Waals surface area contributed by atoms with Gasteiger partial charge >= 0.3 is 0 Å². The van der Waals surface area contributed by atoms with Gasteiger partial charge in [-0.25, -0.2) is 9.97 Å². The maximum atomic E-state index is 14.3. The number of aromatic amines is 2.